The van der Waals surface area contributed by atoms with Gasteiger partial charge in [0, 0.05) is 11.1 Å². The fraction of sp³-hybridized carbons (Fsp3) is 0.172. The maximum atomic E-state index is 8.06. The van der Waals surface area contributed by atoms with Gasteiger partial charge in [0.05, 0.1) is 0 Å². The van der Waals surface area contributed by atoms with Crippen LogP contribution in [-0.4, -0.2) is 11.7 Å². The van der Waals surface area contributed by atoms with Crippen LogP contribution in [0.4, 0.5) is 0 Å². The van der Waals surface area contributed by atoms with E-state index in [4.69, 9.17) is 11.1 Å². The Kier molecular flexibility index (Phi) is 11.8. The van der Waals surface area contributed by atoms with Crippen LogP contribution >= 0.6 is 0 Å². The summed E-state index contributed by atoms with van der Waals surface area (Å²) in [4.78, 5) is 4.21. The van der Waals surface area contributed by atoms with Gasteiger partial charge in [-0.15, -0.1) is 0 Å². The van der Waals surface area contributed by atoms with Gasteiger partial charge in [-0.1, -0.05) is 109 Å². The molecule has 0 bridgehead atoms. The van der Waals surface area contributed by atoms with E-state index < -0.39 is 0 Å². The van der Waals surface area contributed by atoms with Gasteiger partial charge in [0.15, 0.2) is 5.84 Å². The topological polar surface area (TPSA) is 62.2 Å². The van der Waals surface area contributed by atoms with Crippen molar-refractivity contribution >= 4 is 17.2 Å². The Balaban J connectivity index is 0.000000616. The molecule has 3 heteroatoms. The lowest BCUT2D eigenvalue weighted by Gasteiger charge is -2.05. The van der Waals surface area contributed by atoms with E-state index in [1.54, 1.807) is 0 Å². The van der Waals surface area contributed by atoms with Gasteiger partial charge >= 0.3 is 0 Å². The maximum Gasteiger partial charge on any atom is 0.153 e. The van der Waals surface area contributed by atoms with Crippen molar-refractivity contribution in [1.29, 1.82) is 5.41 Å². The smallest absolute Gasteiger partial charge is 0.153 e. The summed E-state index contributed by atoms with van der Waals surface area (Å²) >= 11 is 0. The van der Waals surface area contributed by atoms with Crippen molar-refractivity contribution < 1.29 is 0 Å². The van der Waals surface area contributed by atoms with Crippen molar-refractivity contribution in [2.45, 2.75) is 34.6 Å². The highest BCUT2D eigenvalue weighted by Crippen LogP contribution is 2.15. The molecule has 2 rings (SSSR count). The van der Waals surface area contributed by atoms with Gasteiger partial charge < -0.3 is 5.73 Å². The van der Waals surface area contributed by atoms with Crippen LogP contribution in [0.3, 0.4) is 0 Å². The molecule has 0 amide bonds. The number of benzene rings is 2. The van der Waals surface area contributed by atoms with Crippen LogP contribution in [-0.2, 0) is 0 Å². The molecule has 0 saturated carbocycles. The highest BCUT2D eigenvalue weighted by molar-refractivity contribution is 6.11. The Morgan fingerprint density at radius 3 is 1.84 bits per heavy atom. The average Bonchev–Trinajstić information content (AvgIpc) is 2.79. The number of nitrogens with zero attached hydrogens (tertiary/aromatic N) is 1. The van der Waals surface area contributed by atoms with Gasteiger partial charge in [-0.3, -0.25) is 5.41 Å². The van der Waals surface area contributed by atoms with E-state index in [-0.39, 0.29) is 5.84 Å². The lowest BCUT2D eigenvalue weighted by Crippen LogP contribution is -2.16. The summed E-state index contributed by atoms with van der Waals surface area (Å²) in [6.45, 7) is 13.9. The summed E-state index contributed by atoms with van der Waals surface area (Å²) in [5.74, 6) is 0.451. The third kappa shape index (κ3) is 9.40. The van der Waals surface area contributed by atoms with Crippen LogP contribution in [0.1, 0.15) is 37.5 Å². The van der Waals surface area contributed by atoms with E-state index in [1.165, 1.54) is 11.1 Å². The van der Waals surface area contributed by atoms with Crippen molar-refractivity contribution in [3.8, 4) is 0 Å². The molecule has 0 heterocycles. The first-order chi connectivity index (χ1) is 15.3. The molecule has 0 saturated heterocycles. The summed E-state index contributed by atoms with van der Waals surface area (Å²) < 4.78 is 0. The molecule has 0 aromatic heterocycles. The van der Waals surface area contributed by atoms with E-state index in [9.17, 15) is 0 Å². The second kappa shape index (κ2) is 14.3. The molecule has 0 unspecified atom stereocenters. The number of aliphatic imine (C=N–C) groups is 1. The second-order valence-corrected chi connectivity index (χ2v) is 7.21. The van der Waals surface area contributed by atoms with Gasteiger partial charge in [0.1, 0.15) is 5.84 Å². The summed E-state index contributed by atoms with van der Waals surface area (Å²) in [7, 11) is 0. The highest BCUT2D eigenvalue weighted by atomic mass is 14.9. The number of hydrogen-bond donors (Lipinski definition) is 2. The van der Waals surface area contributed by atoms with E-state index in [0.29, 0.717) is 5.84 Å². The molecule has 0 spiro atoms. The van der Waals surface area contributed by atoms with Gasteiger partial charge in [-0.25, -0.2) is 4.99 Å². The van der Waals surface area contributed by atoms with Crippen LogP contribution in [0.5, 0.6) is 0 Å². The lowest BCUT2D eigenvalue weighted by atomic mass is 10.0. The molecule has 0 aliphatic rings. The molecule has 2 aromatic rings. The fourth-order valence-corrected chi connectivity index (χ4v) is 2.66. The second-order valence-electron chi connectivity index (χ2n) is 7.21. The minimum absolute atomic E-state index is 0.142. The molecule has 0 fully saturated rings. The Morgan fingerprint density at radius 2 is 1.38 bits per heavy atom. The molecular weight excluding hydrogens is 390 g/mol. The van der Waals surface area contributed by atoms with Crippen molar-refractivity contribution in [2.75, 3.05) is 0 Å². The maximum absolute atomic E-state index is 8.06. The fourth-order valence-electron chi connectivity index (χ4n) is 2.66. The molecule has 3 N–H and O–H groups in total. The van der Waals surface area contributed by atoms with Crippen LogP contribution in [0.25, 0.3) is 5.57 Å². The number of nitrogens with one attached hydrogen (secondary N) is 1. The molecule has 32 heavy (non-hydrogen) atoms. The van der Waals surface area contributed by atoms with Gasteiger partial charge in [-0.2, -0.15) is 0 Å². The first-order valence-corrected chi connectivity index (χ1v) is 10.7. The molecule has 0 atom stereocenters. The minimum Gasteiger partial charge on any atom is -0.383 e. The van der Waals surface area contributed by atoms with Crippen molar-refractivity contribution in [3.63, 3.8) is 0 Å². The summed E-state index contributed by atoms with van der Waals surface area (Å²) in [6.07, 6.45) is 11.2. The summed E-state index contributed by atoms with van der Waals surface area (Å²) in [5, 5.41) is 8.06. The molecule has 0 aliphatic heterocycles. The number of rotatable bonds is 6. The minimum atomic E-state index is 0.142. The van der Waals surface area contributed by atoms with E-state index in [1.807, 2.05) is 87.6 Å². The van der Waals surface area contributed by atoms with Crippen LogP contribution in [0.2, 0.25) is 0 Å². The van der Waals surface area contributed by atoms with Gasteiger partial charge in [0.2, 0.25) is 0 Å². The zero-order valence-corrected chi connectivity index (χ0v) is 19.9. The lowest BCUT2D eigenvalue weighted by molar-refractivity contribution is 1.39. The first-order valence-electron chi connectivity index (χ1n) is 10.7. The Hall–Kier alpha value is -3.72. The third-order valence-corrected chi connectivity index (χ3v) is 4.60. The molecule has 166 valence electrons. The zero-order chi connectivity index (χ0) is 23.9. The van der Waals surface area contributed by atoms with Crippen LogP contribution in [0.15, 0.2) is 114 Å². The van der Waals surface area contributed by atoms with E-state index in [2.05, 4.69) is 49.7 Å². The first kappa shape index (κ1) is 26.3. The largest absolute Gasteiger partial charge is 0.383 e. The zero-order valence-electron chi connectivity index (χ0n) is 19.9. The van der Waals surface area contributed by atoms with Gasteiger partial charge in [0.25, 0.3) is 0 Å². The standard InChI is InChI=1S/C22H27N3.C7H8/c1-6-9-18(7-2)21(23)25-22(24)19(8-3)15-12-17(5)20-13-10-16(4)11-14-20;1-7-5-3-2-4-6-7/h6-15H,5H2,1-4H3,(H3,23,24,25);2-6H,1H3/b9-6-,15-12-,18-7+,19-8+;. The molecule has 2 aromatic carbocycles. The number of nitrogens with two attached hydrogens (primary N) is 1. The number of allylic oxidation sites excluding steroid dienone is 5. The predicted molar refractivity (Wildman–Crippen MR) is 142 cm³/mol. The number of aryl methyl sites for hydroxylation is 2. The molecule has 3 nitrogen and oxygen atoms in total. The summed E-state index contributed by atoms with van der Waals surface area (Å²) in [5.41, 5.74) is 12.0. The summed E-state index contributed by atoms with van der Waals surface area (Å²) in [6, 6.07) is 18.5. The number of hydrogen-bond acceptors (Lipinski definition) is 1. The van der Waals surface area contributed by atoms with Crippen molar-refractivity contribution in [2.24, 2.45) is 10.7 Å². The average molecular weight is 426 g/mol. The molecular formula is C29H35N3. The van der Waals surface area contributed by atoms with E-state index in [0.717, 1.165) is 22.3 Å². The normalized spacial score (nSPS) is 12.6. The van der Waals surface area contributed by atoms with Crippen molar-refractivity contribution in [1.82, 2.24) is 0 Å². The Morgan fingerprint density at radius 1 is 0.812 bits per heavy atom. The molecule has 0 aliphatic carbocycles. The van der Waals surface area contributed by atoms with Crippen LogP contribution in [0, 0.1) is 19.3 Å². The number of amidine groups is 2. The third-order valence-electron chi connectivity index (χ3n) is 4.60. The van der Waals surface area contributed by atoms with E-state index >= 15 is 0 Å². The molecule has 0 radical (unpaired) electrons. The monoisotopic (exact) mass is 425 g/mol. The van der Waals surface area contributed by atoms with Crippen LogP contribution < -0.4 is 5.73 Å². The SMILES string of the molecule is C=C(/C=C\C(=C/C)C(N)=NC(=N)C(/C=C\C)=C/C)c1ccc(C)cc1.Cc1ccccc1. The Labute approximate surface area is 193 Å². The van der Waals surface area contributed by atoms with Crippen molar-refractivity contribution in [3.05, 3.63) is 125 Å². The quantitative estimate of drug-likeness (QED) is 0.283. The highest BCUT2D eigenvalue weighted by Gasteiger charge is 2.04. The Bertz CT molecular complexity index is 1030. The predicted octanol–water partition coefficient (Wildman–Crippen LogP) is 7.36. The van der Waals surface area contributed by atoms with Gasteiger partial charge in [-0.05, 0) is 45.8 Å².